The van der Waals surface area contributed by atoms with Gasteiger partial charge in [0.15, 0.2) is 0 Å². The van der Waals surface area contributed by atoms with E-state index in [0.717, 1.165) is 37.4 Å². The number of amides is 1. The fourth-order valence-corrected chi connectivity index (χ4v) is 3.63. The summed E-state index contributed by atoms with van der Waals surface area (Å²) >= 11 is 1.74. The Labute approximate surface area is 147 Å². The minimum Gasteiger partial charge on any atom is -0.489 e. The second-order valence-corrected chi connectivity index (χ2v) is 6.97. The summed E-state index contributed by atoms with van der Waals surface area (Å²) in [5.74, 6) is 1.88. The number of likely N-dealkylation sites (tertiary alicyclic amines) is 1. The number of ether oxygens (including phenoxy) is 1. The van der Waals surface area contributed by atoms with Gasteiger partial charge in [-0.25, -0.2) is 0 Å². The minimum atomic E-state index is 0.178. The molecule has 1 amide bonds. The van der Waals surface area contributed by atoms with E-state index >= 15 is 0 Å². The summed E-state index contributed by atoms with van der Waals surface area (Å²) in [5, 5.41) is 0. The number of hydrogen-bond donors (Lipinski definition) is 0. The highest BCUT2D eigenvalue weighted by atomic mass is 32.2. The van der Waals surface area contributed by atoms with E-state index in [9.17, 15) is 4.79 Å². The molecule has 2 heterocycles. The van der Waals surface area contributed by atoms with Crippen LogP contribution >= 0.6 is 11.8 Å². The summed E-state index contributed by atoms with van der Waals surface area (Å²) in [6.07, 6.45) is 6.00. The van der Waals surface area contributed by atoms with Crippen molar-refractivity contribution in [2.45, 2.75) is 30.3 Å². The molecule has 1 aromatic carbocycles. The predicted molar refractivity (Wildman–Crippen MR) is 96.3 cm³/mol. The number of rotatable bonds is 6. The number of benzene rings is 1. The van der Waals surface area contributed by atoms with Crippen LogP contribution in [-0.2, 0) is 4.79 Å². The molecule has 2 aromatic rings. The van der Waals surface area contributed by atoms with Crippen LogP contribution in [0.15, 0.2) is 59.8 Å². The van der Waals surface area contributed by atoms with Crippen LogP contribution in [0.1, 0.15) is 19.3 Å². The van der Waals surface area contributed by atoms with E-state index in [4.69, 9.17) is 4.74 Å². The first kappa shape index (κ1) is 16.8. The first-order chi connectivity index (χ1) is 11.8. The van der Waals surface area contributed by atoms with E-state index in [1.807, 2.05) is 35.2 Å². The molecule has 0 radical (unpaired) electrons. The van der Waals surface area contributed by atoms with E-state index in [1.165, 1.54) is 4.90 Å². The number of thioether (sulfide) groups is 1. The first-order valence-electron chi connectivity index (χ1n) is 8.33. The van der Waals surface area contributed by atoms with E-state index < -0.39 is 0 Å². The van der Waals surface area contributed by atoms with Crippen molar-refractivity contribution in [3.63, 3.8) is 0 Å². The zero-order chi connectivity index (χ0) is 16.6. The monoisotopic (exact) mass is 342 g/mol. The number of aromatic nitrogens is 1. The van der Waals surface area contributed by atoms with Crippen LogP contribution < -0.4 is 4.74 Å². The Balaban J connectivity index is 1.37. The lowest BCUT2D eigenvalue weighted by Crippen LogP contribution is -2.41. The van der Waals surface area contributed by atoms with Crippen molar-refractivity contribution in [3.05, 3.63) is 54.9 Å². The summed E-state index contributed by atoms with van der Waals surface area (Å²) in [5.41, 5.74) is 0. The maximum atomic E-state index is 12.3. The largest absolute Gasteiger partial charge is 0.489 e. The summed E-state index contributed by atoms with van der Waals surface area (Å²) < 4.78 is 5.92. The number of pyridine rings is 1. The van der Waals surface area contributed by atoms with Crippen molar-refractivity contribution in [1.82, 2.24) is 9.88 Å². The van der Waals surface area contributed by atoms with Gasteiger partial charge in [0.25, 0.3) is 0 Å². The number of nitrogens with zero attached hydrogens (tertiary/aromatic N) is 2. The van der Waals surface area contributed by atoms with Gasteiger partial charge in [-0.15, -0.1) is 11.8 Å². The van der Waals surface area contributed by atoms with Crippen LogP contribution in [0.25, 0.3) is 0 Å². The van der Waals surface area contributed by atoms with Gasteiger partial charge in [0.1, 0.15) is 11.9 Å². The molecule has 126 valence electrons. The van der Waals surface area contributed by atoms with Gasteiger partial charge in [0.05, 0.1) is 6.20 Å². The Morgan fingerprint density at radius 2 is 1.96 bits per heavy atom. The molecule has 1 aromatic heterocycles. The Morgan fingerprint density at radius 1 is 1.17 bits per heavy atom. The molecule has 3 rings (SSSR count). The van der Waals surface area contributed by atoms with Gasteiger partial charge in [0.2, 0.25) is 5.91 Å². The lowest BCUT2D eigenvalue weighted by molar-refractivity contribution is -0.132. The zero-order valence-electron chi connectivity index (χ0n) is 13.6. The number of carbonyl (C=O) groups excluding carboxylic acids is 1. The predicted octanol–water partition coefficient (Wildman–Crippen LogP) is 3.63. The molecular weight excluding hydrogens is 320 g/mol. The van der Waals surface area contributed by atoms with Gasteiger partial charge in [-0.3, -0.25) is 9.78 Å². The standard InChI is InChI=1S/C19H22N2O2S/c22-19(10-14-24-18-6-2-1-3-7-18)21-12-8-16(9-13-21)23-17-5-4-11-20-15-17/h1-7,11,15-16H,8-10,12-14H2. The maximum Gasteiger partial charge on any atom is 0.223 e. The van der Waals surface area contributed by atoms with E-state index in [1.54, 1.807) is 24.2 Å². The van der Waals surface area contributed by atoms with Crippen molar-refractivity contribution in [2.24, 2.45) is 0 Å². The van der Waals surface area contributed by atoms with E-state index in [-0.39, 0.29) is 12.0 Å². The highest BCUT2D eigenvalue weighted by Crippen LogP contribution is 2.21. The summed E-state index contributed by atoms with van der Waals surface area (Å²) in [6.45, 7) is 1.56. The molecule has 5 heteroatoms. The summed E-state index contributed by atoms with van der Waals surface area (Å²) in [6, 6.07) is 14.0. The van der Waals surface area contributed by atoms with Gasteiger partial charge in [0, 0.05) is 49.2 Å². The average Bonchev–Trinajstić information content (AvgIpc) is 2.64. The van der Waals surface area contributed by atoms with Crippen molar-refractivity contribution < 1.29 is 9.53 Å². The molecule has 4 nitrogen and oxygen atoms in total. The quantitative estimate of drug-likeness (QED) is 0.752. The second kappa shape index (κ2) is 8.73. The maximum absolute atomic E-state index is 12.3. The average molecular weight is 342 g/mol. The van der Waals surface area contributed by atoms with Gasteiger partial charge >= 0.3 is 0 Å². The zero-order valence-corrected chi connectivity index (χ0v) is 14.5. The van der Waals surface area contributed by atoms with Gasteiger partial charge in [-0.2, -0.15) is 0 Å². The van der Waals surface area contributed by atoms with Gasteiger partial charge in [-0.05, 0) is 24.3 Å². The Kier molecular flexibility index (Phi) is 6.13. The molecule has 0 N–H and O–H groups in total. The molecule has 1 aliphatic rings. The highest BCUT2D eigenvalue weighted by molar-refractivity contribution is 7.99. The lowest BCUT2D eigenvalue weighted by atomic mass is 10.1. The Hall–Kier alpha value is -2.01. The molecule has 1 saturated heterocycles. The Morgan fingerprint density at radius 3 is 2.67 bits per heavy atom. The van der Waals surface area contributed by atoms with Gasteiger partial charge < -0.3 is 9.64 Å². The lowest BCUT2D eigenvalue weighted by Gasteiger charge is -2.32. The van der Waals surface area contributed by atoms with Crippen LogP contribution in [0.5, 0.6) is 5.75 Å². The third-order valence-corrected chi connectivity index (χ3v) is 5.07. The molecule has 0 atom stereocenters. The molecule has 0 unspecified atom stereocenters. The second-order valence-electron chi connectivity index (χ2n) is 5.80. The van der Waals surface area contributed by atoms with Crippen LogP contribution in [0, 0.1) is 0 Å². The molecule has 24 heavy (non-hydrogen) atoms. The minimum absolute atomic E-state index is 0.178. The third-order valence-electron chi connectivity index (χ3n) is 4.06. The summed E-state index contributed by atoms with van der Waals surface area (Å²) in [4.78, 5) is 19.6. The smallest absolute Gasteiger partial charge is 0.223 e. The molecule has 0 spiro atoms. The van der Waals surface area contributed by atoms with Gasteiger partial charge in [-0.1, -0.05) is 18.2 Å². The number of piperidine rings is 1. The van der Waals surface area contributed by atoms with E-state index in [0.29, 0.717) is 6.42 Å². The van der Waals surface area contributed by atoms with E-state index in [2.05, 4.69) is 17.1 Å². The van der Waals surface area contributed by atoms with Crippen molar-refractivity contribution in [2.75, 3.05) is 18.8 Å². The topological polar surface area (TPSA) is 42.4 Å². The first-order valence-corrected chi connectivity index (χ1v) is 9.32. The van der Waals surface area contributed by atoms with Crippen LogP contribution in [0.3, 0.4) is 0 Å². The highest BCUT2D eigenvalue weighted by Gasteiger charge is 2.23. The molecule has 1 fully saturated rings. The Bertz CT molecular complexity index is 628. The SMILES string of the molecule is O=C(CCSc1ccccc1)N1CCC(Oc2cccnc2)CC1. The third kappa shape index (κ3) is 4.99. The van der Waals surface area contributed by atoms with Crippen LogP contribution in [-0.4, -0.2) is 40.7 Å². The molecule has 0 aliphatic carbocycles. The van der Waals surface area contributed by atoms with Crippen LogP contribution in [0.4, 0.5) is 0 Å². The van der Waals surface area contributed by atoms with Crippen LogP contribution in [0.2, 0.25) is 0 Å². The number of carbonyl (C=O) groups is 1. The fourth-order valence-electron chi connectivity index (χ4n) is 2.76. The number of hydrogen-bond acceptors (Lipinski definition) is 4. The molecule has 1 aliphatic heterocycles. The summed E-state index contributed by atoms with van der Waals surface area (Å²) in [7, 11) is 0. The molecule has 0 bridgehead atoms. The molecule has 0 saturated carbocycles. The van der Waals surface area contributed by atoms with Crippen molar-refractivity contribution in [3.8, 4) is 5.75 Å². The molecular formula is C19H22N2O2S. The fraction of sp³-hybridized carbons (Fsp3) is 0.368. The van der Waals surface area contributed by atoms with Crippen molar-refractivity contribution in [1.29, 1.82) is 0 Å². The van der Waals surface area contributed by atoms with Crippen molar-refractivity contribution >= 4 is 17.7 Å². The normalized spacial score (nSPS) is 15.2.